The summed E-state index contributed by atoms with van der Waals surface area (Å²) in [6.45, 7) is 0.356. The first-order chi connectivity index (χ1) is 13.5. The van der Waals surface area contributed by atoms with E-state index < -0.39 is 29.6 Å². The van der Waals surface area contributed by atoms with Crippen LogP contribution in [0, 0.1) is 0 Å². The van der Waals surface area contributed by atoms with E-state index in [4.69, 9.17) is 16.3 Å². The quantitative estimate of drug-likeness (QED) is 0.560. The molecule has 0 aromatic heterocycles. The first kappa shape index (κ1) is 21.9. The summed E-state index contributed by atoms with van der Waals surface area (Å²) in [5, 5.41) is 3.81. The summed E-state index contributed by atoms with van der Waals surface area (Å²) in [5.74, 6) is 0. The second kappa shape index (κ2) is 8.53. The molecule has 2 atom stereocenters. The highest BCUT2D eigenvalue weighted by atomic mass is 35.5. The Morgan fingerprint density at radius 3 is 2.21 bits per heavy atom. The highest BCUT2D eigenvalue weighted by Crippen LogP contribution is 2.37. The van der Waals surface area contributed by atoms with Crippen molar-refractivity contribution in [2.75, 3.05) is 6.54 Å². The third-order valence-electron chi connectivity index (χ3n) is 4.72. The van der Waals surface area contributed by atoms with E-state index in [0.29, 0.717) is 23.6 Å². The molecule has 0 aliphatic carbocycles. The molecule has 29 heavy (non-hydrogen) atoms. The Hall–Kier alpha value is -1.77. The van der Waals surface area contributed by atoms with Crippen molar-refractivity contribution in [1.29, 1.82) is 0 Å². The lowest BCUT2D eigenvalue weighted by Gasteiger charge is -2.33. The molecule has 0 amide bonds. The molecule has 2 aromatic carbocycles. The van der Waals surface area contributed by atoms with Gasteiger partial charge in [0.05, 0.1) is 29.9 Å². The van der Waals surface area contributed by atoms with Crippen LogP contribution in [0.1, 0.15) is 41.1 Å². The summed E-state index contributed by atoms with van der Waals surface area (Å²) < 4.78 is 83.9. The number of alkyl halides is 6. The Morgan fingerprint density at radius 2 is 1.62 bits per heavy atom. The molecule has 0 spiro atoms. The Labute approximate surface area is 168 Å². The summed E-state index contributed by atoms with van der Waals surface area (Å²) in [5.41, 5.74) is -2.03. The second-order valence-corrected chi connectivity index (χ2v) is 7.33. The van der Waals surface area contributed by atoms with E-state index in [1.54, 1.807) is 18.2 Å². The van der Waals surface area contributed by atoms with Gasteiger partial charge in [-0.15, -0.1) is 0 Å². The van der Waals surface area contributed by atoms with Crippen molar-refractivity contribution in [1.82, 2.24) is 5.32 Å². The molecule has 2 nitrogen and oxygen atoms in total. The van der Waals surface area contributed by atoms with Gasteiger partial charge in [-0.05, 0) is 60.8 Å². The molecule has 1 aliphatic rings. The number of rotatable bonds is 4. The lowest BCUT2D eigenvalue weighted by molar-refractivity contribution is -0.143. The maximum absolute atomic E-state index is 13.0. The average Bonchev–Trinajstić information content (AvgIpc) is 2.65. The maximum Gasteiger partial charge on any atom is 0.416 e. The smallest absolute Gasteiger partial charge is 0.372 e. The van der Waals surface area contributed by atoms with Gasteiger partial charge in [0, 0.05) is 5.02 Å². The van der Waals surface area contributed by atoms with Crippen LogP contribution in [0.4, 0.5) is 26.3 Å². The predicted octanol–water partition coefficient (Wildman–Crippen LogP) is 6.39. The van der Waals surface area contributed by atoms with E-state index in [9.17, 15) is 26.3 Å². The van der Waals surface area contributed by atoms with Crippen LogP contribution in [-0.2, 0) is 23.7 Å². The van der Waals surface area contributed by atoms with Crippen LogP contribution >= 0.6 is 11.6 Å². The predicted molar refractivity (Wildman–Crippen MR) is 96.5 cm³/mol. The van der Waals surface area contributed by atoms with Crippen LogP contribution in [0.5, 0.6) is 0 Å². The molecular weight excluding hydrogens is 420 g/mol. The molecule has 2 unspecified atom stereocenters. The van der Waals surface area contributed by atoms with Crippen molar-refractivity contribution in [2.45, 2.75) is 43.9 Å². The lowest BCUT2D eigenvalue weighted by Crippen LogP contribution is -2.39. The lowest BCUT2D eigenvalue weighted by atomic mass is 9.94. The molecule has 3 rings (SSSR count). The van der Waals surface area contributed by atoms with Gasteiger partial charge in [-0.25, -0.2) is 0 Å². The molecule has 1 saturated heterocycles. The van der Waals surface area contributed by atoms with Crippen molar-refractivity contribution in [3.8, 4) is 0 Å². The maximum atomic E-state index is 13.0. The van der Waals surface area contributed by atoms with E-state index in [2.05, 4.69) is 5.32 Å². The number of hydrogen-bond acceptors (Lipinski definition) is 2. The molecule has 2 aromatic rings. The Kier molecular flexibility index (Phi) is 6.45. The fraction of sp³-hybridized carbons (Fsp3) is 0.400. The van der Waals surface area contributed by atoms with Crippen molar-refractivity contribution < 1.29 is 31.1 Å². The molecule has 0 bridgehead atoms. The molecule has 9 heteroatoms. The van der Waals surface area contributed by atoms with Crippen LogP contribution in [-0.4, -0.2) is 12.6 Å². The van der Waals surface area contributed by atoms with Gasteiger partial charge in [0.15, 0.2) is 0 Å². The summed E-state index contributed by atoms with van der Waals surface area (Å²) in [6.07, 6.45) is -8.78. The van der Waals surface area contributed by atoms with Crippen LogP contribution in [0.15, 0.2) is 42.5 Å². The first-order valence-electron chi connectivity index (χ1n) is 8.93. The zero-order valence-electron chi connectivity index (χ0n) is 15.1. The third-order valence-corrected chi connectivity index (χ3v) is 4.96. The molecule has 1 aliphatic heterocycles. The fourth-order valence-corrected chi connectivity index (χ4v) is 3.58. The zero-order valence-corrected chi connectivity index (χ0v) is 15.8. The van der Waals surface area contributed by atoms with E-state index in [1.807, 2.05) is 6.07 Å². The largest absolute Gasteiger partial charge is 0.416 e. The van der Waals surface area contributed by atoms with E-state index >= 15 is 0 Å². The minimum Gasteiger partial charge on any atom is -0.372 e. The van der Waals surface area contributed by atoms with Gasteiger partial charge in [0.1, 0.15) is 0 Å². The third kappa shape index (κ3) is 5.65. The monoisotopic (exact) mass is 437 g/mol. The fourth-order valence-electron chi connectivity index (χ4n) is 3.38. The van der Waals surface area contributed by atoms with Gasteiger partial charge < -0.3 is 10.1 Å². The van der Waals surface area contributed by atoms with Crippen molar-refractivity contribution in [3.63, 3.8) is 0 Å². The molecule has 158 valence electrons. The topological polar surface area (TPSA) is 21.3 Å². The normalized spacial score (nSPS) is 20.7. The van der Waals surface area contributed by atoms with Gasteiger partial charge in [-0.1, -0.05) is 23.7 Å². The zero-order chi connectivity index (χ0) is 21.2. The molecule has 1 heterocycles. The van der Waals surface area contributed by atoms with Crippen molar-refractivity contribution in [2.24, 2.45) is 0 Å². The van der Waals surface area contributed by atoms with Gasteiger partial charge in [-0.3, -0.25) is 0 Å². The summed E-state index contributed by atoms with van der Waals surface area (Å²) in [4.78, 5) is 0. The molecule has 1 fully saturated rings. The van der Waals surface area contributed by atoms with Crippen LogP contribution < -0.4 is 5.32 Å². The van der Waals surface area contributed by atoms with Gasteiger partial charge in [0.25, 0.3) is 0 Å². The van der Waals surface area contributed by atoms with Crippen LogP contribution in [0.3, 0.4) is 0 Å². The molecular formula is C20H18ClF6NO. The van der Waals surface area contributed by atoms with Gasteiger partial charge >= 0.3 is 12.4 Å². The van der Waals surface area contributed by atoms with Crippen LogP contribution in [0.2, 0.25) is 5.02 Å². The Morgan fingerprint density at radius 1 is 0.966 bits per heavy atom. The highest BCUT2D eigenvalue weighted by Gasteiger charge is 2.37. The van der Waals surface area contributed by atoms with Gasteiger partial charge in [0.2, 0.25) is 0 Å². The van der Waals surface area contributed by atoms with E-state index in [0.717, 1.165) is 18.5 Å². The standard InChI is InChI=1S/C20H18ClF6NO/c21-16-4-1-3-13(9-16)18-17(5-2-6-28-18)29-11-12-7-14(19(22,23)24)10-15(8-12)20(25,26)27/h1,3-4,7-10,17-18,28H,2,5-6,11H2. The number of ether oxygens (including phenoxy) is 1. The van der Waals surface area contributed by atoms with Crippen molar-refractivity contribution in [3.05, 3.63) is 69.7 Å². The number of hydrogen-bond donors (Lipinski definition) is 1. The minimum absolute atomic E-state index is 0.112. The second-order valence-electron chi connectivity index (χ2n) is 6.89. The minimum atomic E-state index is -4.88. The number of halogens is 7. The van der Waals surface area contributed by atoms with E-state index in [1.165, 1.54) is 0 Å². The Balaban J connectivity index is 1.82. The number of piperidine rings is 1. The highest BCUT2D eigenvalue weighted by molar-refractivity contribution is 6.30. The Bertz CT molecular complexity index is 819. The number of benzene rings is 2. The van der Waals surface area contributed by atoms with E-state index in [-0.39, 0.29) is 24.3 Å². The molecule has 1 N–H and O–H groups in total. The summed E-state index contributed by atoms with van der Waals surface area (Å²) in [7, 11) is 0. The summed E-state index contributed by atoms with van der Waals surface area (Å²) in [6, 6.07) is 8.33. The SMILES string of the molecule is FC(F)(F)c1cc(COC2CCCNC2c2cccc(Cl)c2)cc(C(F)(F)F)c1. The van der Waals surface area contributed by atoms with Crippen molar-refractivity contribution >= 4 is 11.6 Å². The number of nitrogens with one attached hydrogen (secondary N) is 1. The molecule has 0 saturated carbocycles. The first-order valence-corrected chi connectivity index (χ1v) is 9.30. The van der Waals surface area contributed by atoms with Gasteiger partial charge in [-0.2, -0.15) is 26.3 Å². The summed E-state index contributed by atoms with van der Waals surface area (Å²) >= 11 is 6.02. The average molecular weight is 438 g/mol. The van der Waals surface area contributed by atoms with Crippen LogP contribution in [0.25, 0.3) is 0 Å². The molecule has 0 radical (unpaired) electrons.